The normalized spacial score (nSPS) is 11.0. The SMILES string of the molecule is Cc1ccc(Nc2nc(-c3cnc4ncccn34)cs2)c(Br)c1. The van der Waals surface area contributed by atoms with Gasteiger partial charge in [-0.3, -0.25) is 4.40 Å². The second-order valence-corrected chi connectivity index (χ2v) is 6.79. The fourth-order valence-corrected chi connectivity index (χ4v) is 3.61. The van der Waals surface area contributed by atoms with Gasteiger partial charge in [-0.05, 0) is 46.6 Å². The van der Waals surface area contributed by atoms with E-state index < -0.39 is 0 Å². The first-order valence-corrected chi connectivity index (χ1v) is 8.65. The first-order chi connectivity index (χ1) is 11.2. The van der Waals surface area contributed by atoms with Gasteiger partial charge < -0.3 is 5.32 Å². The molecule has 0 unspecified atom stereocenters. The Morgan fingerprint density at radius 3 is 3.04 bits per heavy atom. The van der Waals surface area contributed by atoms with Crippen molar-refractivity contribution >= 4 is 43.9 Å². The lowest BCUT2D eigenvalue weighted by Crippen LogP contribution is -1.92. The van der Waals surface area contributed by atoms with E-state index in [1.54, 1.807) is 23.7 Å². The molecule has 1 N–H and O–H groups in total. The molecule has 3 heterocycles. The van der Waals surface area contributed by atoms with Crippen molar-refractivity contribution in [3.05, 3.63) is 58.3 Å². The van der Waals surface area contributed by atoms with Crippen LogP contribution in [0, 0.1) is 6.92 Å². The van der Waals surface area contributed by atoms with Crippen LogP contribution < -0.4 is 5.32 Å². The van der Waals surface area contributed by atoms with Gasteiger partial charge >= 0.3 is 0 Å². The molecule has 7 heteroatoms. The van der Waals surface area contributed by atoms with Crippen LogP contribution in [0.4, 0.5) is 10.8 Å². The summed E-state index contributed by atoms with van der Waals surface area (Å²) in [7, 11) is 0. The molecule has 5 nitrogen and oxygen atoms in total. The lowest BCUT2D eigenvalue weighted by atomic mass is 10.2. The minimum absolute atomic E-state index is 0.672. The van der Waals surface area contributed by atoms with Crippen LogP contribution in [0.1, 0.15) is 5.56 Å². The summed E-state index contributed by atoms with van der Waals surface area (Å²) >= 11 is 5.13. The number of benzene rings is 1. The Morgan fingerprint density at radius 2 is 2.17 bits per heavy atom. The smallest absolute Gasteiger partial charge is 0.234 e. The summed E-state index contributed by atoms with van der Waals surface area (Å²) in [6, 6.07) is 8.07. The molecule has 0 amide bonds. The van der Waals surface area contributed by atoms with Gasteiger partial charge in [-0.25, -0.2) is 15.0 Å². The Hall–Kier alpha value is -2.25. The summed E-state index contributed by atoms with van der Waals surface area (Å²) in [5.41, 5.74) is 4.01. The third kappa shape index (κ3) is 2.73. The van der Waals surface area contributed by atoms with Gasteiger partial charge in [-0.15, -0.1) is 11.3 Å². The molecule has 0 aliphatic heterocycles. The van der Waals surface area contributed by atoms with E-state index in [4.69, 9.17) is 0 Å². The van der Waals surface area contributed by atoms with Gasteiger partial charge in [0.2, 0.25) is 5.78 Å². The van der Waals surface area contributed by atoms with Gasteiger partial charge in [-0.2, -0.15) is 0 Å². The lowest BCUT2D eigenvalue weighted by molar-refractivity contribution is 1.11. The van der Waals surface area contributed by atoms with Gasteiger partial charge in [-0.1, -0.05) is 6.07 Å². The third-order valence-corrected chi connectivity index (χ3v) is 4.84. The number of hydrogen-bond donors (Lipinski definition) is 1. The van der Waals surface area contributed by atoms with Crippen LogP contribution in [0.2, 0.25) is 0 Å². The van der Waals surface area contributed by atoms with Gasteiger partial charge in [0.1, 0.15) is 5.69 Å². The van der Waals surface area contributed by atoms with Crippen molar-refractivity contribution in [1.82, 2.24) is 19.4 Å². The average molecular weight is 386 g/mol. The molecule has 0 aliphatic rings. The fourth-order valence-electron chi connectivity index (χ4n) is 2.30. The van der Waals surface area contributed by atoms with Crippen LogP contribution in [-0.4, -0.2) is 19.4 Å². The minimum atomic E-state index is 0.672. The summed E-state index contributed by atoms with van der Waals surface area (Å²) in [4.78, 5) is 13.2. The second-order valence-electron chi connectivity index (χ2n) is 5.08. The minimum Gasteiger partial charge on any atom is -0.331 e. The molecule has 23 heavy (non-hydrogen) atoms. The maximum absolute atomic E-state index is 4.66. The topological polar surface area (TPSA) is 55.1 Å². The summed E-state index contributed by atoms with van der Waals surface area (Å²) < 4.78 is 2.95. The van der Waals surface area contributed by atoms with Crippen molar-refractivity contribution in [1.29, 1.82) is 0 Å². The zero-order chi connectivity index (χ0) is 15.8. The molecule has 0 radical (unpaired) electrons. The van der Waals surface area contributed by atoms with Crippen LogP contribution >= 0.6 is 27.3 Å². The number of anilines is 2. The Bertz CT molecular complexity index is 991. The Labute approximate surface area is 145 Å². The van der Waals surface area contributed by atoms with Gasteiger partial charge in [0.15, 0.2) is 5.13 Å². The molecule has 1 aromatic carbocycles. The van der Waals surface area contributed by atoms with Crippen molar-refractivity contribution in [2.24, 2.45) is 0 Å². The highest BCUT2D eigenvalue weighted by Gasteiger charge is 2.11. The highest BCUT2D eigenvalue weighted by Crippen LogP contribution is 2.30. The van der Waals surface area contributed by atoms with Crippen molar-refractivity contribution in [3.8, 4) is 11.4 Å². The van der Waals surface area contributed by atoms with Crippen molar-refractivity contribution < 1.29 is 0 Å². The number of fused-ring (bicyclic) bond motifs is 1. The molecule has 0 aliphatic carbocycles. The molecule has 3 aromatic heterocycles. The van der Waals surface area contributed by atoms with E-state index in [1.165, 1.54) is 5.56 Å². The zero-order valence-corrected chi connectivity index (χ0v) is 14.6. The number of imidazole rings is 1. The molecule has 0 fully saturated rings. The number of nitrogens with one attached hydrogen (secondary N) is 1. The van der Waals surface area contributed by atoms with E-state index in [2.05, 4.69) is 55.3 Å². The molecule has 4 rings (SSSR count). The van der Waals surface area contributed by atoms with Gasteiger partial charge in [0.05, 0.1) is 17.6 Å². The molecule has 0 atom stereocenters. The molecule has 114 valence electrons. The summed E-state index contributed by atoms with van der Waals surface area (Å²) in [5.74, 6) is 0.672. The van der Waals surface area contributed by atoms with Crippen molar-refractivity contribution in [3.63, 3.8) is 0 Å². The van der Waals surface area contributed by atoms with E-state index in [1.807, 2.05) is 28.1 Å². The van der Waals surface area contributed by atoms with Crippen molar-refractivity contribution in [2.75, 3.05) is 5.32 Å². The molecular formula is C16H12BrN5S. The molecule has 0 saturated heterocycles. The fraction of sp³-hybridized carbons (Fsp3) is 0.0625. The van der Waals surface area contributed by atoms with Crippen LogP contribution in [0.3, 0.4) is 0 Å². The Kier molecular flexibility index (Phi) is 3.59. The van der Waals surface area contributed by atoms with E-state index in [9.17, 15) is 0 Å². The second kappa shape index (κ2) is 5.75. The number of aromatic nitrogens is 4. The maximum Gasteiger partial charge on any atom is 0.234 e. The Morgan fingerprint density at radius 1 is 1.26 bits per heavy atom. The number of thiazole rings is 1. The first-order valence-electron chi connectivity index (χ1n) is 6.98. The quantitative estimate of drug-likeness (QED) is 0.556. The summed E-state index contributed by atoms with van der Waals surface area (Å²) in [6.45, 7) is 2.06. The monoisotopic (exact) mass is 385 g/mol. The van der Waals surface area contributed by atoms with Crippen LogP contribution in [0.5, 0.6) is 0 Å². The molecular weight excluding hydrogens is 374 g/mol. The van der Waals surface area contributed by atoms with E-state index in [-0.39, 0.29) is 0 Å². The Balaban J connectivity index is 1.66. The van der Waals surface area contributed by atoms with Crippen LogP contribution in [0.25, 0.3) is 17.2 Å². The molecule has 4 aromatic rings. The van der Waals surface area contributed by atoms with E-state index >= 15 is 0 Å². The predicted octanol–water partition coefficient (Wildman–Crippen LogP) is 4.67. The molecule has 0 bridgehead atoms. The maximum atomic E-state index is 4.66. The number of hydrogen-bond acceptors (Lipinski definition) is 5. The number of nitrogens with zero attached hydrogens (tertiary/aromatic N) is 4. The lowest BCUT2D eigenvalue weighted by Gasteiger charge is -2.06. The predicted molar refractivity (Wildman–Crippen MR) is 96.3 cm³/mol. The highest BCUT2D eigenvalue weighted by atomic mass is 79.9. The van der Waals surface area contributed by atoms with Crippen LogP contribution in [0.15, 0.2) is 52.7 Å². The van der Waals surface area contributed by atoms with Crippen LogP contribution in [-0.2, 0) is 0 Å². The summed E-state index contributed by atoms with van der Waals surface area (Å²) in [5, 5.41) is 6.20. The zero-order valence-electron chi connectivity index (χ0n) is 12.2. The summed E-state index contributed by atoms with van der Waals surface area (Å²) in [6.07, 6.45) is 5.46. The van der Waals surface area contributed by atoms with Gasteiger partial charge in [0, 0.05) is 22.2 Å². The first kappa shape index (κ1) is 14.3. The van der Waals surface area contributed by atoms with E-state index in [0.717, 1.165) is 26.7 Å². The average Bonchev–Trinajstić information content (AvgIpc) is 3.16. The van der Waals surface area contributed by atoms with Gasteiger partial charge in [0.25, 0.3) is 0 Å². The largest absolute Gasteiger partial charge is 0.331 e. The molecule has 0 saturated carbocycles. The standard InChI is InChI=1S/C16H12BrN5S/c1-10-3-4-12(11(17)7-10)20-16-21-13(9-23-16)14-8-19-15-18-5-2-6-22(14)15/h2-9H,1H3,(H,20,21). The third-order valence-electron chi connectivity index (χ3n) is 3.42. The molecule has 0 spiro atoms. The number of halogens is 1. The highest BCUT2D eigenvalue weighted by molar-refractivity contribution is 9.10. The van der Waals surface area contributed by atoms with E-state index in [0.29, 0.717) is 5.78 Å². The van der Waals surface area contributed by atoms with Crippen molar-refractivity contribution in [2.45, 2.75) is 6.92 Å². The number of aryl methyl sites for hydroxylation is 1. The number of rotatable bonds is 3.